The molecule has 0 spiro atoms. The summed E-state index contributed by atoms with van der Waals surface area (Å²) >= 11 is 0. The molecule has 184 valence electrons. The van der Waals surface area contributed by atoms with E-state index >= 15 is 0 Å². The maximum absolute atomic E-state index is 12.9. The molecule has 2 rings (SSSR count). The Morgan fingerprint density at radius 3 is 2.36 bits per heavy atom. The van der Waals surface area contributed by atoms with E-state index in [2.05, 4.69) is 29.4 Å². The number of rotatable bonds is 8. The molecule has 0 aliphatic heterocycles. The number of hydrogen-bond acceptors (Lipinski definition) is 4. The summed E-state index contributed by atoms with van der Waals surface area (Å²) < 4.78 is 38.6. The highest BCUT2D eigenvalue weighted by Gasteiger charge is 2.38. The molecule has 33 heavy (non-hydrogen) atoms. The van der Waals surface area contributed by atoms with Gasteiger partial charge in [-0.05, 0) is 58.4 Å². The lowest BCUT2D eigenvalue weighted by molar-refractivity contribution is -0.137. The van der Waals surface area contributed by atoms with E-state index in [4.69, 9.17) is 0 Å². The Labute approximate surface area is 193 Å². The molecule has 2 N–H and O–H groups in total. The quantitative estimate of drug-likeness (QED) is 0.609. The fraction of sp³-hybridized carbons (Fsp3) is 0.625. The molecule has 0 saturated heterocycles. The van der Waals surface area contributed by atoms with E-state index in [1.807, 2.05) is 20.9 Å². The largest absolute Gasteiger partial charge is 0.416 e. The van der Waals surface area contributed by atoms with Gasteiger partial charge in [0.05, 0.1) is 12.1 Å². The fourth-order valence-electron chi connectivity index (χ4n) is 4.21. The Balaban J connectivity index is 2.00. The van der Waals surface area contributed by atoms with Gasteiger partial charge in [0.15, 0.2) is 0 Å². The van der Waals surface area contributed by atoms with Gasteiger partial charge in [-0.25, -0.2) is 0 Å². The van der Waals surface area contributed by atoms with Crippen molar-refractivity contribution >= 4 is 17.6 Å². The van der Waals surface area contributed by atoms with Crippen molar-refractivity contribution in [3.05, 3.63) is 35.4 Å². The lowest BCUT2D eigenvalue weighted by Gasteiger charge is -2.41. The van der Waals surface area contributed by atoms with E-state index < -0.39 is 23.6 Å². The third kappa shape index (κ3) is 7.28. The summed E-state index contributed by atoms with van der Waals surface area (Å²) in [4.78, 5) is 39.9. The van der Waals surface area contributed by atoms with E-state index in [0.717, 1.165) is 24.6 Å². The predicted molar refractivity (Wildman–Crippen MR) is 120 cm³/mol. The molecule has 1 saturated carbocycles. The molecule has 0 unspecified atom stereocenters. The molecule has 0 heterocycles. The summed E-state index contributed by atoms with van der Waals surface area (Å²) in [6.07, 6.45) is -2.45. The standard InChI is InChI=1S/C24H34F3N3O3/c1-14(2)22(32)19-12-18(30(5)15(3)4)9-10-20(19)29-21(31)13-28-23(33)16-7-6-8-17(11-16)24(25,26)27/h6-8,11,14-15,18-20H,9-10,12-13H2,1-5H3,(H,28,33)(H,29,31)/t18-,19-,20+/m1/s1. The predicted octanol–water partition coefficient (Wildman–Crippen LogP) is 3.65. The number of amides is 2. The first kappa shape index (κ1) is 26.8. The number of ketones is 1. The fourth-order valence-corrected chi connectivity index (χ4v) is 4.21. The van der Waals surface area contributed by atoms with Crippen LogP contribution in [-0.4, -0.2) is 54.2 Å². The Morgan fingerprint density at radius 1 is 1.12 bits per heavy atom. The van der Waals surface area contributed by atoms with Crippen molar-refractivity contribution in [2.45, 2.75) is 71.3 Å². The minimum absolute atomic E-state index is 0.0927. The number of carbonyl (C=O) groups is 3. The van der Waals surface area contributed by atoms with Gasteiger partial charge in [-0.15, -0.1) is 0 Å². The van der Waals surface area contributed by atoms with Crippen LogP contribution < -0.4 is 10.6 Å². The number of benzene rings is 1. The Hall–Kier alpha value is -2.42. The zero-order valence-corrected chi connectivity index (χ0v) is 19.8. The van der Waals surface area contributed by atoms with Crippen LogP contribution >= 0.6 is 0 Å². The van der Waals surface area contributed by atoms with Gasteiger partial charge in [-0.2, -0.15) is 13.2 Å². The molecule has 2 amide bonds. The van der Waals surface area contributed by atoms with Crippen molar-refractivity contribution in [2.24, 2.45) is 11.8 Å². The van der Waals surface area contributed by atoms with Crippen molar-refractivity contribution in [1.29, 1.82) is 0 Å². The number of carbonyl (C=O) groups excluding carboxylic acids is 3. The van der Waals surface area contributed by atoms with Crippen molar-refractivity contribution < 1.29 is 27.6 Å². The van der Waals surface area contributed by atoms with Crippen molar-refractivity contribution in [2.75, 3.05) is 13.6 Å². The highest BCUT2D eigenvalue weighted by atomic mass is 19.4. The van der Waals surface area contributed by atoms with Crippen LogP contribution in [0, 0.1) is 11.8 Å². The molecule has 9 heteroatoms. The summed E-state index contributed by atoms with van der Waals surface area (Å²) in [5.41, 5.74) is -1.11. The van der Waals surface area contributed by atoms with Gasteiger partial charge in [0.1, 0.15) is 5.78 Å². The Kier molecular flexibility index (Phi) is 9.05. The number of nitrogens with zero attached hydrogens (tertiary/aromatic N) is 1. The third-order valence-corrected chi connectivity index (χ3v) is 6.36. The van der Waals surface area contributed by atoms with Gasteiger partial charge in [-0.3, -0.25) is 14.4 Å². The van der Waals surface area contributed by atoms with Crippen LogP contribution in [0.25, 0.3) is 0 Å². The minimum Gasteiger partial charge on any atom is -0.351 e. The van der Waals surface area contributed by atoms with E-state index in [-0.39, 0.29) is 41.8 Å². The maximum Gasteiger partial charge on any atom is 0.416 e. The molecular formula is C24H34F3N3O3. The number of nitrogens with one attached hydrogen (secondary N) is 2. The first-order chi connectivity index (χ1) is 15.3. The SMILES string of the molecule is CC(C)C(=O)[C@@H]1C[C@H](N(C)C(C)C)CC[C@@H]1NC(=O)CNC(=O)c1cccc(C(F)(F)F)c1. The molecule has 3 atom stereocenters. The van der Waals surface area contributed by atoms with Crippen LogP contribution in [0.3, 0.4) is 0 Å². The monoisotopic (exact) mass is 469 g/mol. The van der Waals surface area contributed by atoms with Crippen molar-refractivity contribution in [3.8, 4) is 0 Å². The molecule has 0 radical (unpaired) electrons. The van der Waals surface area contributed by atoms with Gasteiger partial charge in [0.25, 0.3) is 5.91 Å². The van der Waals surface area contributed by atoms with Crippen LogP contribution in [0.2, 0.25) is 0 Å². The lowest BCUT2D eigenvalue weighted by Crippen LogP contribution is -2.53. The molecule has 1 aromatic rings. The lowest BCUT2D eigenvalue weighted by atomic mass is 9.76. The number of halogens is 3. The minimum atomic E-state index is -4.56. The van der Waals surface area contributed by atoms with E-state index in [1.54, 1.807) is 0 Å². The van der Waals surface area contributed by atoms with E-state index in [1.165, 1.54) is 6.07 Å². The molecule has 1 aliphatic carbocycles. The summed E-state index contributed by atoms with van der Waals surface area (Å²) in [7, 11) is 2.04. The van der Waals surface area contributed by atoms with Crippen molar-refractivity contribution in [3.63, 3.8) is 0 Å². The Morgan fingerprint density at radius 2 is 1.79 bits per heavy atom. The van der Waals surface area contributed by atoms with Gasteiger partial charge < -0.3 is 15.5 Å². The van der Waals surface area contributed by atoms with Crippen LogP contribution in [0.5, 0.6) is 0 Å². The highest BCUT2D eigenvalue weighted by molar-refractivity contribution is 5.96. The molecule has 0 aromatic heterocycles. The second-order valence-corrected chi connectivity index (χ2v) is 9.32. The summed E-state index contributed by atoms with van der Waals surface area (Å²) in [5, 5.41) is 5.23. The number of alkyl halides is 3. The van der Waals surface area contributed by atoms with Crippen LogP contribution in [-0.2, 0) is 15.8 Å². The first-order valence-electron chi connectivity index (χ1n) is 11.3. The van der Waals surface area contributed by atoms with Crippen LogP contribution in [0.4, 0.5) is 13.2 Å². The molecular weight excluding hydrogens is 435 g/mol. The summed E-state index contributed by atoms with van der Waals surface area (Å²) in [6, 6.07) is 4.27. The zero-order valence-electron chi connectivity index (χ0n) is 19.8. The smallest absolute Gasteiger partial charge is 0.351 e. The third-order valence-electron chi connectivity index (χ3n) is 6.36. The average molecular weight is 470 g/mol. The van der Waals surface area contributed by atoms with E-state index in [9.17, 15) is 27.6 Å². The summed E-state index contributed by atoms with van der Waals surface area (Å²) in [6.45, 7) is 7.49. The van der Waals surface area contributed by atoms with Crippen molar-refractivity contribution in [1.82, 2.24) is 15.5 Å². The molecule has 0 bridgehead atoms. The first-order valence-corrected chi connectivity index (χ1v) is 11.3. The van der Waals surface area contributed by atoms with Gasteiger partial charge >= 0.3 is 6.18 Å². The van der Waals surface area contributed by atoms with Crippen LogP contribution in [0.15, 0.2) is 24.3 Å². The topological polar surface area (TPSA) is 78.5 Å². The maximum atomic E-state index is 12.9. The average Bonchev–Trinajstić information content (AvgIpc) is 2.76. The second kappa shape index (κ2) is 11.1. The Bertz CT molecular complexity index is 855. The molecule has 1 aromatic carbocycles. The number of Topliss-reactive ketones (excluding diaryl/α,β-unsaturated/α-hetero) is 1. The van der Waals surface area contributed by atoms with Crippen LogP contribution in [0.1, 0.15) is 62.9 Å². The molecule has 1 aliphatic rings. The highest BCUT2D eigenvalue weighted by Crippen LogP contribution is 2.31. The second-order valence-electron chi connectivity index (χ2n) is 9.32. The van der Waals surface area contributed by atoms with Gasteiger partial charge in [0.2, 0.25) is 5.91 Å². The van der Waals surface area contributed by atoms with Gasteiger partial charge in [-0.1, -0.05) is 19.9 Å². The normalized spacial score (nSPS) is 21.4. The zero-order chi connectivity index (χ0) is 24.9. The molecule has 6 nitrogen and oxygen atoms in total. The molecule has 1 fully saturated rings. The summed E-state index contributed by atoms with van der Waals surface area (Å²) in [5.74, 6) is -1.65. The number of hydrogen-bond donors (Lipinski definition) is 2. The van der Waals surface area contributed by atoms with E-state index in [0.29, 0.717) is 18.9 Å². The van der Waals surface area contributed by atoms with Gasteiger partial charge in [0, 0.05) is 35.5 Å².